The van der Waals surface area contributed by atoms with Crippen LogP contribution in [-0.4, -0.2) is 31.7 Å². The number of methoxy groups -OCH3 is 1. The number of aliphatic imine (C=N–C) groups is 1. The van der Waals surface area contributed by atoms with Crippen molar-refractivity contribution in [3.8, 4) is 23.1 Å². The van der Waals surface area contributed by atoms with Crippen molar-refractivity contribution in [2.75, 3.05) is 26.1 Å². The van der Waals surface area contributed by atoms with Gasteiger partial charge in [-0.3, -0.25) is 4.99 Å². The smallest absolute Gasteiger partial charge is 0.224 e. The van der Waals surface area contributed by atoms with Crippen LogP contribution in [0.2, 0.25) is 0 Å². The van der Waals surface area contributed by atoms with Crippen molar-refractivity contribution in [1.29, 1.82) is 0 Å². The van der Waals surface area contributed by atoms with Crippen molar-refractivity contribution in [3.05, 3.63) is 72.2 Å². The van der Waals surface area contributed by atoms with E-state index < -0.39 is 0 Å². The fourth-order valence-electron chi connectivity index (χ4n) is 2.81. The Hall–Kier alpha value is -3.08. The van der Waals surface area contributed by atoms with Crippen LogP contribution in [0.5, 0.6) is 23.1 Å². The van der Waals surface area contributed by atoms with E-state index >= 15 is 0 Å². The summed E-state index contributed by atoms with van der Waals surface area (Å²) in [5, 5.41) is 6.44. The Morgan fingerprint density at radius 2 is 1.94 bits per heavy atom. The predicted molar refractivity (Wildman–Crippen MR) is 134 cm³/mol. The largest absolute Gasteiger partial charge is 0.493 e. The van der Waals surface area contributed by atoms with E-state index in [1.165, 1.54) is 12.1 Å². The minimum absolute atomic E-state index is 0. The number of guanidine groups is 1. The molecule has 0 aliphatic rings. The molecule has 0 fully saturated rings. The lowest BCUT2D eigenvalue weighted by molar-refractivity contribution is 0.311. The normalized spacial score (nSPS) is 10.7. The zero-order valence-corrected chi connectivity index (χ0v) is 20.4. The van der Waals surface area contributed by atoms with Gasteiger partial charge in [0.2, 0.25) is 5.88 Å². The highest BCUT2D eigenvalue weighted by Gasteiger charge is 2.10. The number of pyridine rings is 1. The van der Waals surface area contributed by atoms with E-state index in [9.17, 15) is 4.39 Å². The lowest BCUT2D eigenvalue weighted by Gasteiger charge is -2.15. The topological polar surface area (TPSA) is 77.0 Å². The SMILES string of the molecule is CCOc1cc(NC(=NC)NCc2cccnc2Oc2cccc(F)c2)ccc1OC.I. The van der Waals surface area contributed by atoms with Gasteiger partial charge in [-0.1, -0.05) is 12.1 Å². The maximum absolute atomic E-state index is 13.4. The molecule has 3 aromatic rings. The number of nitrogens with one attached hydrogen (secondary N) is 2. The third kappa shape index (κ3) is 6.98. The molecule has 2 N–H and O–H groups in total. The van der Waals surface area contributed by atoms with Crippen molar-refractivity contribution < 1.29 is 18.6 Å². The molecule has 0 unspecified atom stereocenters. The average Bonchev–Trinajstić information content (AvgIpc) is 2.78. The van der Waals surface area contributed by atoms with Crippen LogP contribution in [-0.2, 0) is 6.54 Å². The number of rotatable bonds is 8. The first-order chi connectivity index (χ1) is 15.1. The van der Waals surface area contributed by atoms with Crippen LogP contribution in [0.3, 0.4) is 0 Å². The summed E-state index contributed by atoms with van der Waals surface area (Å²) in [7, 11) is 3.28. The number of halogens is 2. The molecule has 7 nitrogen and oxygen atoms in total. The molecular formula is C23H26FIN4O3. The molecule has 32 heavy (non-hydrogen) atoms. The summed E-state index contributed by atoms with van der Waals surface area (Å²) >= 11 is 0. The van der Waals surface area contributed by atoms with Crippen LogP contribution in [0.4, 0.5) is 10.1 Å². The van der Waals surface area contributed by atoms with Crippen molar-refractivity contribution in [3.63, 3.8) is 0 Å². The highest BCUT2D eigenvalue weighted by molar-refractivity contribution is 14.0. The van der Waals surface area contributed by atoms with Gasteiger partial charge in [-0.2, -0.15) is 0 Å². The standard InChI is InChI=1S/C23H25FN4O3.HI/c1-4-30-21-14-18(10-11-20(21)29-3)28-23(25-2)27-15-16-7-6-12-26-22(16)31-19-9-5-8-17(24)13-19;/h5-14H,4,15H2,1-3H3,(H2,25,27,28);1H. The van der Waals surface area contributed by atoms with Gasteiger partial charge in [0.1, 0.15) is 11.6 Å². The first-order valence-electron chi connectivity index (χ1n) is 9.78. The molecule has 0 aliphatic heterocycles. The molecule has 2 aromatic carbocycles. The number of anilines is 1. The minimum Gasteiger partial charge on any atom is -0.493 e. The predicted octanol–water partition coefficient (Wildman–Crippen LogP) is 5.23. The summed E-state index contributed by atoms with van der Waals surface area (Å²) in [4.78, 5) is 8.52. The summed E-state index contributed by atoms with van der Waals surface area (Å²) in [5.41, 5.74) is 1.58. The molecular weight excluding hydrogens is 526 g/mol. The van der Waals surface area contributed by atoms with Gasteiger partial charge in [-0.25, -0.2) is 9.37 Å². The zero-order chi connectivity index (χ0) is 22.1. The van der Waals surface area contributed by atoms with Crippen molar-refractivity contribution in [2.45, 2.75) is 13.5 Å². The molecule has 0 radical (unpaired) electrons. The van der Waals surface area contributed by atoms with Crippen molar-refractivity contribution in [1.82, 2.24) is 10.3 Å². The van der Waals surface area contributed by atoms with E-state index in [1.54, 1.807) is 32.5 Å². The van der Waals surface area contributed by atoms with Crippen molar-refractivity contribution in [2.24, 2.45) is 4.99 Å². The molecule has 0 spiro atoms. The Kier molecular flexibility index (Phi) is 9.99. The Labute approximate surface area is 204 Å². The Morgan fingerprint density at radius 1 is 1.09 bits per heavy atom. The van der Waals surface area contributed by atoms with Crippen LogP contribution >= 0.6 is 24.0 Å². The summed E-state index contributed by atoms with van der Waals surface area (Å²) < 4.78 is 30.1. The maximum Gasteiger partial charge on any atom is 0.224 e. The second kappa shape index (κ2) is 12.7. The lowest BCUT2D eigenvalue weighted by atomic mass is 10.2. The highest BCUT2D eigenvalue weighted by Crippen LogP contribution is 2.30. The van der Waals surface area contributed by atoms with Gasteiger partial charge in [0.25, 0.3) is 0 Å². The van der Waals surface area contributed by atoms with Gasteiger partial charge in [0, 0.05) is 43.2 Å². The third-order valence-corrected chi connectivity index (χ3v) is 4.26. The number of benzene rings is 2. The van der Waals surface area contributed by atoms with E-state index in [-0.39, 0.29) is 29.8 Å². The molecule has 0 saturated carbocycles. The molecule has 0 bridgehead atoms. The first-order valence-corrected chi connectivity index (χ1v) is 9.78. The molecule has 170 valence electrons. The molecule has 9 heteroatoms. The fourth-order valence-corrected chi connectivity index (χ4v) is 2.81. The number of aromatic nitrogens is 1. The Balaban J connectivity index is 0.00000363. The average molecular weight is 552 g/mol. The van der Waals surface area contributed by atoms with Gasteiger partial charge in [0.05, 0.1) is 13.7 Å². The minimum atomic E-state index is -0.372. The summed E-state index contributed by atoms with van der Waals surface area (Å²) in [5.74, 6) is 2.24. The van der Waals surface area contributed by atoms with Gasteiger partial charge >= 0.3 is 0 Å². The van der Waals surface area contributed by atoms with Gasteiger partial charge in [-0.05, 0) is 37.3 Å². The number of hydrogen-bond acceptors (Lipinski definition) is 5. The van der Waals surface area contributed by atoms with E-state index in [2.05, 4.69) is 20.6 Å². The second-order valence-corrected chi connectivity index (χ2v) is 6.38. The molecule has 3 rings (SSSR count). The van der Waals surface area contributed by atoms with E-state index in [0.717, 1.165) is 11.3 Å². The third-order valence-electron chi connectivity index (χ3n) is 4.26. The quantitative estimate of drug-likeness (QED) is 0.227. The molecule has 0 saturated heterocycles. The number of hydrogen-bond donors (Lipinski definition) is 2. The first kappa shape index (κ1) is 25.2. The van der Waals surface area contributed by atoms with Gasteiger partial charge in [-0.15, -0.1) is 24.0 Å². The maximum atomic E-state index is 13.4. The Bertz CT molecular complexity index is 1050. The fraction of sp³-hybridized carbons (Fsp3) is 0.217. The van der Waals surface area contributed by atoms with Crippen LogP contribution in [0.1, 0.15) is 12.5 Å². The summed E-state index contributed by atoms with van der Waals surface area (Å²) in [6, 6.07) is 15.2. The molecule has 0 amide bonds. The van der Waals surface area contributed by atoms with Crippen LogP contribution in [0.25, 0.3) is 0 Å². The second-order valence-electron chi connectivity index (χ2n) is 6.38. The summed E-state index contributed by atoms with van der Waals surface area (Å²) in [6.07, 6.45) is 1.62. The van der Waals surface area contributed by atoms with Crippen molar-refractivity contribution >= 4 is 35.6 Å². The summed E-state index contributed by atoms with van der Waals surface area (Å²) in [6.45, 7) is 2.84. The van der Waals surface area contributed by atoms with Gasteiger partial charge < -0.3 is 24.8 Å². The van der Waals surface area contributed by atoms with E-state index in [4.69, 9.17) is 14.2 Å². The Morgan fingerprint density at radius 3 is 2.66 bits per heavy atom. The monoisotopic (exact) mass is 552 g/mol. The van der Waals surface area contributed by atoms with E-state index in [0.29, 0.717) is 42.2 Å². The molecule has 1 aromatic heterocycles. The van der Waals surface area contributed by atoms with Crippen LogP contribution in [0, 0.1) is 5.82 Å². The number of ether oxygens (including phenoxy) is 3. The van der Waals surface area contributed by atoms with Crippen LogP contribution < -0.4 is 24.8 Å². The molecule has 0 atom stereocenters. The van der Waals surface area contributed by atoms with Crippen LogP contribution in [0.15, 0.2) is 65.8 Å². The lowest BCUT2D eigenvalue weighted by Crippen LogP contribution is -2.30. The highest BCUT2D eigenvalue weighted by atomic mass is 127. The van der Waals surface area contributed by atoms with E-state index in [1.807, 2.05) is 37.3 Å². The number of nitrogens with zero attached hydrogens (tertiary/aromatic N) is 2. The molecule has 1 heterocycles. The van der Waals surface area contributed by atoms with Gasteiger partial charge in [0.15, 0.2) is 17.5 Å². The zero-order valence-electron chi connectivity index (χ0n) is 18.1. The molecule has 0 aliphatic carbocycles.